The van der Waals surface area contributed by atoms with E-state index in [1.165, 1.54) is 6.07 Å². The standard InChI is InChI=1S/C20H25FN6O.HI/c1-22-20(27-7-8-28-19(13-27)15-11-25-26(2)12-15)23-6-5-14-10-24-18-4-3-16(21)9-17(14)18;/h3-4,9-12,19,24H,5-8,13H2,1-2H3,(H,22,23);1H. The summed E-state index contributed by atoms with van der Waals surface area (Å²) in [7, 11) is 3.69. The Labute approximate surface area is 186 Å². The Kier molecular flexibility index (Phi) is 7.12. The Morgan fingerprint density at radius 3 is 3.07 bits per heavy atom. The second-order valence-corrected chi connectivity index (χ2v) is 6.98. The van der Waals surface area contributed by atoms with Crippen LogP contribution in [0.1, 0.15) is 17.2 Å². The molecule has 2 aromatic heterocycles. The van der Waals surface area contributed by atoms with Crippen molar-refractivity contribution in [3.8, 4) is 0 Å². The Hall–Kier alpha value is -2.14. The van der Waals surface area contributed by atoms with E-state index in [2.05, 4.69) is 25.3 Å². The molecule has 1 atom stereocenters. The fraction of sp³-hybridized carbons (Fsp3) is 0.400. The third-order valence-corrected chi connectivity index (χ3v) is 5.08. The average molecular weight is 512 g/mol. The Bertz CT molecular complexity index is 984. The maximum absolute atomic E-state index is 13.5. The van der Waals surface area contributed by atoms with Crippen molar-refractivity contribution < 1.29 is 9.13 Å². The van der Waals surface area contributed by atoms with Crippen LogP contribution < -0.4 is 5.32 Å². The summed E-state index contributed by atoms with van der Waals surface area (Å²) in [6, 6.07) is 4.82. The molecule has 1 aliphatic heterocycles. The molecule has 2 N–H and O–H groups in total. The number of fused-ring (bicyclic) bond motifs is 1. The number of hydrogen-bond acceptors (Lipinski definition) is 3. The topological polar surface area (TPSA) is 70.5 Å². The second kappa shape index (κ2) is 9.57. The zero-order chi connectivity index (χ0) is 19.5. The highest BCUT2D eigenvalue weighted by Crippen LogP contribution is 2.22. The van der Waals surface area contributed by atoms with Crippen molar-refractivity contribution >= 4 is 40.8 Å². The minimum Gasteiger partial charge on any atom is -0.370 e. The molecule has 1 aliphatic rings. The van der Waals surface area contributed by atoms with Crippen molar-refractivity contribution in [1.82, 2.24) is 25.0 Å². The van der Waals surface area contributed by atoms with Crippen molar-refractivity contribution in [1.29, 1.82) is 0 Å². The van der Waals surface area contributed by atoms with Gasteiger partial charge in [-0.15, -0.1) is 24.0 Å². The van der Waals surface area contributed by atoms with Crippen LogP contribution in [0.15, 0.2) is 41.8 Å². The summed E-state index contributed by atoms with van der Waals surface area (Å²) in [5.74, 6) is 0.634. The summed E-state index contributed by atoms with van der Waals surface area (Å²) >= 11 is 0. The number of aryl methyl sites for hydroxylation is 1. The number of halogens is 2. The number of aromatic amines is 1. The van der Waals surface area contributed by atoms with E-state index in [1.54, 1.807) is 23.9 Å². The van der Waals surface area contributed by atoms with Crippen molar-refractivity contribution in [2.24, 2.45) is 12.0 Å². The number of nitrogens with zero attached hydrogens (tertiary/aromatic N) is 4. The SMILES string of the molecule is CN=C(NCCc1c[nH]c2ccc(F)cc12)N1CCOC(c2cnn(C)c2)C1.I. The first-order valence-corrected chi connectivity index (χ1v) is 9.45. The number of aromatic nitrogens is 3. The predicted octanol–water partition coefficient (Wildman–Crippen LogP) is 2.85. The molecule has 1 unspecified atom stereocenters. The third kappa shape index (κ3) is 4.89. The molecular formula is C20H26FIN6O. The van der Waals surface area contributed by atoms with Crippen molar-refractivity contribution in [3.63, 3.8) is 0 Å². The Balaban J connectivity index is 0.00000240. The summed E-state index contributed by atoms with van der Waals surface area (Å²) in [6.45, 7) is 2.87. The molecule has 9 heteroatoms. The number of aliphatic imine (C=N–C) groups is 1. The zero-order valence-electron chi connectivity index (χ0n) is 16.6. The van der Waals surface area contributed by atoms with Crippen molar-refractivity contribution in [2.45, 2.75) is 12.5 Å². The number of benzene rings is 1. The maximum atomic E-state index is 13.5. The van der Waals surface area contributed by atoms with Crippen LogP contribution in [0.4, 0.5) is 4.39 Å². The van der Waals surface area contributed by atoms with Gasteiger partial charge in [0.1, 0.15) is 11.9 Å². The summed E-state index contributed by atoms with van der Waals surface area (Å²) in [6.07, 6.45) is 6.54. The summed E-state index contributed by atoms with van der Waals surface area (Å²) in [5, 5.41) is 8.59. The molecule has 0 radical (unpaired) electrons. The van der Waals surface area contributed by atoms with Crippen molar-refractivity contribution in [3.05, 3.63) is 53.7 Å². The molecule has 3 aromatic rings. The van der Waals surface area contributed by atoms with E-state index < -0.39 is 0 Å². The van der Waals surface area contributed by atoms with Crippen LogP contribution in [-0.4, -0.2) is 58.9 Å². The first-order chi connectivity index (χ1) is 13.6. The molecule has 4 rings (SSSR count). The van der Waals surface area contributed by atoms with Gasteiger partial charge in [-0.05, 0) is 30.2 Å². The number of nitrogens with one attached hydrogen (secondary N) is 2. The molecule has 3 heterocycles. The van der Waals surface area contributed by atoms with Crippen molar-refractivity contribution in [2.75, 3.05) is 33.3 Å². The Morgan fingerprint density at radius 1 is 1.45 bits per heavy atom. The second-order valence-electron chi connectivity index (χ2n) is 6.98. The molecule has 0 spiro atoms. The Morgan fingerprint density at radius 2 is 2.31 bits per heavy atom. The molecule has 0 amide bonds. The highest BCUT2D eigenvalue weighted by molar-refractivity contribution is 14.0. The zero-order valence-corrected chi connectivity index (χ0v) is 18.9. The first kappa shape index (κ1) is 21.6. The molecular weight excluding hydrogens is 486 g/mol. The smallest absolute Gasteiger partial charge is 0.193 e. The van der Waals surface area contributed by atoms with Crippen LogP contribution in [0.25, 0.3) is 10.9 Å². The van der Waals surface area contributed by atoms with Gasteiger partial charge in [-0.1, -0.05) is 0 Å². The van der Waals surface area contributed by atoms with Gasteiger partial charge in [0.2, 0.25) is 0 Å². The molecule has 0 bridgehead atoms. The summed E-state index contributed by atoms with van der Waals surface area (Å²) < 4.78 is 21.2. The molecule has 7 nitrogen and oxygen atoms in total. The lowest BCUT2D eigenvalue weighted by atomic mass is 10.1. The maximum Gasteiger partial charge on any atom is 0.193 e. The lowest BCUT2D eigenvalue weighted by Gasteiger charge is -2.34. The largest absolute Gasteiger partial charge is 0.370 e. The number of hydrogen-bond donors (Lipinski definition) is 2. The molecule has 1 aromatic carbocycles. The number of ether oxygens (including phenoxy) is 1. The van der Waals surface area contributed by atoms with Crippen LogP contribution in [-0.2, 0) is 18.2 Å². The molecule has 29 heavy (non-hydrogen) atoms. The minimum absolute atomic E-state index is 0. The number of rotatable bonds is 4. The lowest BCUT2D eigenvalue weighted by Crippen LogP contribution is -2.48. The van der Waals surface area contributed by atoms with E-state index in [-0.39, 0.29) is 35.9 Å². The van der Waals surface area contributed by atoms with Gasteiger partial charge in [0.25, 0.3) is 0 Å². The number of morpholine rings is 1. The van der Waals surface area contributed by atoms with E-state index in [1.807, 2.05) is 25.6 Å². The van der Waals surface area contributed by atoms with Gasteiger partial charge in [-0.3, -0.25) is 9.67 Å². The van der Waals surface area contributed by atoms with Crippen LogP contribution in [0.2, 0.25) is 0 Å². The molecule has 1 saturated heterocycles. The quantitative estimate of drug-likeness (QED) is 0.321. The van der Waals surface area contributed by atoms with E-state index in [4.69, 9.17) is 4.74 Å². The lowest BCUT2D eigenvalue weighted by molar-refractivity contribution is -0.00800. The fourth-order valence-corrected chi connectivity index (χ4v) is 3.65. The first-order valence-electron chi connectivity index (χ1n) is 9.45. The highest BCUT2D eigenvalue weighted by atomic mass is 127. The van der Waals surface area contributed by atoms with Gasteiger partial charge in [0.05, 0.1) is 19.3 Å². The van der Waals surface area contributed by atoms with E-state index in [0.29, 0.717) is 13.2 Å². The number of guanidine groups is 1. The van der Waals surface area contributed by atoms with E-state index in [0.717, 1.165) is 47.5 Å². The van der Waals surface area contributed by atoms with Gasteiger partial charge in [0, 0.05) is 56.0 Å². The van der Waals surface area contributed by atoms with Gasteiger partial charge in [-0.2, -0.15) is 5.10 Å². The van der Waals surface area contributed by atoms with Gasteiger partial charge < -0.3 is 19.9 Å². The van der Waals surface area contributed by atoms with Gasteiger partial charge in [0.15, 0.2) is 5.96 Å². The van der Waals surface area contributed by atoms with E-state index >= 15 is 0 Å². The summed E-state index contributed by atoms with van der Waals surface area (Å²) in [4.78, 5) is 9.83. The van der Waals surface area contributed by atoms with Crippen LogP contribution in [0, 0.1) is 5.82 Å². The van der Waals surface area contributed by atoms with Crippen LogP contribution in [0.5, 0.6) is 0 Å². The van der Waals surface area contributed by atoms with Gasteiger partial charge in [-0.25, -0.2) is 4.39 Å². The van der Waals surface area contributed by atoms with Crippen LogP contribution in [0.3, 0.4) is 0 Å². The minimum atomic E-state index is -0.216. The molecule has 0 saturated carbocycles. The van der Waals surface area contributed by atoms with E-state index in [9.17, 15) is 4.39 Å². The third-order valence-electron chi connectivity index (χ3n) is 5.08. The average Bonchev–Trinajstić information content (AvgIpc) is 3.31. The fourth-order valence-electron chi connectivity index (χ4n) is 3.65. The predicted molar refractivity (Wildman–Crippen MR) is 122 cm³/mol. The molecule has 1 fully saturated rings. The summed E-state index contributed by atoms with van der Waals surface area (Å²) in [5.41, 5.74) is 3.12. The molecule has 156 valence electrons. The van der Waals surface area contributed by atoms with Crippen LogP contribution >= 0.6 is 24.0 Å². The normalized spacial score (nSPS) is 17.4. The number of H-pyrrole nitrogens is 1. The van der Waals surface area contributed by atoms with Gasteiger partial charge >= 0.3 is 0 Å². The molecule has 0 aliphatic carbocycles. The monoisotopic (exact) mass is 512 g/mol. The highest BCUT2D eigenvalue weighted by Gasteiger charge is 2.25.